The SMILES string of the molecule is CN(CCO)C12C[C@@H]3C[C@H](CC(O)(C3)C1)C2. The molecular formula is C13H23NO2. The molecule has 0 aliphatic heterocycles. The minimum Gasteiger partial charge on any atom is -0.395 e. The van der Waals surface area contributed by atoms with Crippen LogP contribution in [0.3, 0.4) is 0 Å². The first-order chi connectivity index (χ1) is 7.55. The third-order valence-electron chi connectivity index (χ3n) is 5.24. The molecule has 3 heteroatoms. The molecule has 4 rings (SSSR count). The second-order valence-corrected chi connectivity index (χ2v) is 6.55. The highest BCUT2D eigenvalue weighted by molar-refractivity contribution is 5.12. The van der Waals surface area contributed by atoms with Gasteiger partial charge in [-0.25, -0.2) is 0 Å². The molecule has 4 saturated carbocycles. The molecule has 0 aromatic carbocycles. The lowest BCUT2D eigenvalue weighted by Crippen LogP contribution is -2.65. The molecule has 4 aliphatic carbocycles. The molecule has 16 heavy (non-hydrogen) atoms. The minimum atomic E-state index is -0.381. The van der Waals surface area contributed by atoms with E-state index in [9.17, 15) is 5.11 Å². The molecule has 0 aromatic heterocycles. The van der Waals surface area contributed by atoms with Gasteiger partial charge in [-0.3, -0.25) is 4.90 Å². The average Bonchev–Trinajstić information content (AvgIpc) is 2.13. The number of hydrogen-bond acceptors (Lipinski definition) is 3. The lowest BCUT2D eigenvalue weighted by atomic mass is 9.50. The number of hydrogen-bond donors (Lipinski definition) is 2. The quantitative estimate of drug-likeness (QED) is 0.753. The Hall–Kier alpha value is -0.120. The highest BCUT2D eigenvalue weighted by Gasteiger charge is 2.58. The van der Waals surface area contributed by atoms with E-state index in [2.05, 4.69) is 11.9 Å². The van der Waals surface area contributed by atoms with Gasteiger partial charge in [0.25, 0.3) is 0 Å². The van der Waals surface area contributed by atoms with Gasteiger partial charge in [-0.15, -0.1) is 0 Å². The first-order valence-corrected chi connectivity index (χ1v) is 6.60. The van der Waals surface area contributed by atoms with E-state index in [1.54, 1.807) is 0 Å². The van der Waals surface area contributed by atoms with Gasteiger partial charge in [-0.05, 0) is 57.4 Å². The van der Waals surface area contributed by atoms with Crippen LogP contribution in [0.5, 0.6) is 0 Å². The van der Waals surface area contributed by atoms with Crippen LogP contribution in [0.4, 0.5) is 0 Å². The molecule has 0 amide bonds. The Morgan fingerprint density at radius 3 is 2.31 bits per heavy atom. The average molecular weight is 225 g/mol. The molecule has 0 saturated heterocycles. The minimum absolute atomic E-state index is 0.196. The molecule has 0 radical (unpaired) electrons. The predicted octanol–water partition coefficient (Wildman–Crippen LogP) is 0.994. The van der Waals surface area contributed by atoms with Crippen molar-refractivity contribution < 1.29 is 10.2 Å². The van der Waals surface area contributed by atoms with Gasteiger partial charge in [-0.2, -0.15) is 0 Å². The zero-order chi connectivity index (χ0) is 11.4. The van der Waals surface area contributed by atoms with Crippen LogP contribution in [0, 0.1) is 11.8 Å². The second-order valence-electron chi connectivity index (χ2n) is 6.55. The van der Waals surface area contributed by atoms with E-state index in [1.807, 2.05) is 0 Å². The summed E-state index contributed by atoms with van der Waals surface area (Å²) in [5, 5.41) is 19.7. The van der Waals surface area contributed by atoms with Gasteiger partial charge in [0, 0.05) is 12.1 Å². The monoisotopic (exact) mass is 225 g/mol. The normalized spacial score (nSPS) is 50.2. The highest BCUT2D eigenvalue weighted by atomic mass is 16.3. The maximum atomic E-state index is 10.6. The van der Waals surface area contributed by atoms with Crippen molar-refractivity contribution in [1.82, 2.24) is 4.90 Å². The molecule has 4 aliphatic rings. The maximum Gasteiger partial charge on any atom is 0.0670 e. The molecule has 2 N–H and O–H groups in total. The Labute approximate surface area is 97.4 Å². The number of rotatable bonds is 3. The van der Waals surface area contributed by atoms with Crippen molar-refractivity contribution in [2.24, 2.45) is 11.8 Å². The van der Waals surface area contributed by atoms with Gasteiger partial charge in [-0.1, -0.05) is 0 Å². The van der Waals surface area contributed by atoms with Crippen molar-refractivity contribution in [3.8, 4) is 0 Å². The number of β-amino-alcohol motifs (C(OH)–C–C–N with tert-alkyl or cyclic N) is 1. The van der Waals surface area contributed by atoms with E-state index in [1.165, 1.54) is 19.3 Å². The summed E-state index contributed by atoms with van der Waals surface area (Å²) >= 11 is 0. The number of nitrogens with zero attached hydrogens (tertiary/aromatic N) is 1. The predicted molar refractivity (Wildman–Crippen MR) is 62.1 cm³/mol. The summed E-state index contributed by atoms with van der Waals surface area (Å²) in [7, 11) is 2.12. The van der Waals surface area contributed by atoms with Crippen LogP contribution in [0.1, 0.15) is 38.5 Å². The summed E-state index contributed by atoms with van der Waals surface area (Å²) < 4.78 is 0. The van der Waals surface area contributed by atoms with Gasteiger partial charge in [0.1, 0.15) is 0 Å². The summed E-state index contributed by atoms with van der Waals surface area (Å²) in [5.74, 6) is 1.46. The standard InChI is InChI=1S/C13H23NO2/c1-14(2-3-15)12-5-10-4-11(6-12)8-13(16,7-10)9-12/h10-11,15-16H,2-9H2,1H3/t10-,11-,12?,13?/m0/s1. The van der Waals surface area contributed by atoms with Crippen LogP contribution in [-0.2, 0) is 0 Å². The summed E-state index contributed by atoms with van der Waals surface area (Å²) in [6, 6.07) is 0. The Kier molecular flexibility index (Phi) is 2.36. The maximum absolute atomic E-state index is 10.6. The zero-order valence-electron chi connectivity index (χ0n) is 10.2. The van der Waals surface area contributed by atoms with E-state index in [0.717, 1.165) is 37.6 Å². The van der Waals surface area contributed by atoms with Crippen molar-refractivity contribution in [1.29, 1.82) is 0 Å². The highest BCUT2D eigenvalue weighted by Crippen LogP contribution is 2.59. The van der Waals surface area contributed by atoms with E-state index in [0.29, 0.717) is 0 Å². The second kappa shape index (κ2) is 3.44. The van der Waals surface area contributed by atoms with Crippen LogP contribution < -0.4 is 0 Å². The molecule has 2 atom stereocenters. The largest absolute Gasteiger partial charge is 0.395 e. The van der Waals surface area contributed by atoms with Crippen LogP contribution in [0.15, 0.2) is 0 Å². The summed E-state index contributed by atoms with van der Waals surface area (Å²) in [6.07, 6.45) is 6.79. The fourth-order valence-corrected chi connectivity index (χ4v) is 5.00. The molecular weight excluding hydrogens is 202 g/mol. The number of aliphatic hydroxyl groups excluding tert-OH is 1. The van der Waals surface area contributed by atoms with E-state index < -0.39 is 0 Å². The lowest BCUT2D eigenvalue weighted by molar-refractivity contribution is -0.172. The molecule has 3 nitrogen and oxygen atoms in total. The number of likely N-dealkylation sites (N-methyl/N-ethyl adjacent to an activating group) is 1. The fraction of sp³-hybridized carbons (Fsp3) is 1.00. The van der Waals surface area contributed by atoms with Gasteiger partial charge in [0.15, 0.2) is 0 Å². The van der Waals surface area contributed by atoms with Crippen LogP contribution in [0.25, 0.3) is 0 Å². The van der Waals surface area contributed by atoms with Gasteiger partial charge in [0.05, 0.1) is 12.2 Å². The molecule has 0 spiro atoms. The van der Waals surface area contributed by atoms with Crippen molar-refractivity contribution >= 4 is 0 Å². The summed E-state index contributed by atoms with van der Waals surface area (Å²) in [4.78, 5) is 2.31. The zero-order valence-corrected chi connectivity index (χ0v) is 10.2. The Bertz CT molecular complexity index is 278. The van der Waals surface area contributed by atoms with Crippen molar-refractivity contribution in [2.75, 3.05) is 20.2 Å². The molecule has 0 aromatic rings. The van der Waals surface area contributed by atoms with Crippen LogP contribution in [-0.4, -0.2) is 46.5 Å². The molecule has 0 heterocycles. The molecule has 4 bridgehead atoms. The Morgan fingerprint density at radius 2 is 1.81 bits per heavy atom. The van der Waals surface area contributed by atoms with Crippen molar-refractivity contribution in [2.45, 2.75) is 49.7 Å². The van der Waals surface area contributed by atoms with E-state index >= 15 is 0 Å². The molecule has 92 valence electrons. The van der Waals surface area contributed by atoms with Gasteiger partial charge in [0.2, 0.25) is 0 Å². The Balaban J connectivity index is 1.86. The lowest BCUT2D eigenvalue weighted by Gasteiger charge is -2.62. The van der Waals surface area contributed by atoms with Gasteiger partial charge < -0.3 is 10.2 Å². The first-order valence-electron chi connectivity index (χ1n) is 6.60. The summed E-state index contributed by atoms with van der Waals surface area (Å²) in [5.41, 5.74) is -0.185. The van der Waals surface area contributed by atoms with Crippen molar-refractivity contribution in [3.63, 3.8) is 0 Å². The first kappa shape index (κ1) is 11.0. The number of aliphatic hydroxyl groups is 2. The van der Waals surface area contributed by atoms with Gasteiger partial charge >= 0.3 is 0 Å². The summed E-state index contributed by atoms with van der Waals surface area (Å²) in [6.45, 7) is 0.974. The van der Waals surface area contributed by atoms with E-state index in [4.69, 9.17) is 5.11 Å². The third-order valence-corrected chi connectivity index (χ3v) is 5.24. The van der Waals surface area contributed by atoms with E-state index in [-0.39, 0.29) is 17.7 Å². The molecule has 0 unspecified atom stereocenters. The topological polar surface area (TPSA) is 43.7 Å². The molecule has 4 fully saturated rings. The Morgan fingerprint density at radius 1 is 1.19 bits per heavy atom. The third kappa shape index (κ3) is 1.52. The smallest absolute Gasteiger partial charge is 0.0670 e. The van der Waals surface area contributed by atoms with Crippen LogP contribution >= 0.6 is 0 Å². The fourth-order valence-electron chi connectivity index (χ4n) is 5.00. The van der Waals surface area contributed by atoms with Crippen molar-refractivity contribution in [3.05, 3.63) is 0 Å². The van der Waals surface area contributed by atoms with Crippen LogP contribution in [0.2, 0.25) is 0 Å².